The zero-order valence-electron chi connectivity index (χ0n) is 9.40. The molecule has 2 rings (SSSR count). The second kappa shape index (κ2) is 4.71. The molecular formula is C12H13FO4. The van der Waals surface area contributed by atoms with Gasteiger partial charge in [-0.2, -0.15) is 0 Å². The summed E-state index contributed by atoms with van der Waals surface area (Å²) in [4.78, 5) is 10.6. The van der Waals surface area contributed by atoms with Crippen LogP contribution in [0.3, 0.4) is 0 Å². The van der Waals surface area contributed by atoms with Gasteiger partial charge in [-0.3, -0.25) is 4.79 Å². The fraction of sp³-hybridized carbons (Fsp3) is 0.417. The topological polar surface area (TPSA) is 55.8 Å². The summed E-state index contributed by atoms with van der Waals surface area (Å²) in [6.45, 7) is 2.14. The van der Waals surface area contributed by atoms with Crippen molar-refractivity contribution in [2.45, 2.75) is 25.9 Å². The Morgan fingerprint density at radius 2 is 2.35 bits per heavy atom. The van der Waals surface area contributed by atoms with E-state index >= 15 is 0 Å². The molecule has 1 heterocycles. The molecule has 0 spiro atoms. The van der Waals surface area contributed by atoms with E-state index in [9.17, 15) is 9.18 Å². The van der Waals surface area contributed by atoms with Crippen molar-refractivity contribution >= 4 is 5.97 Å². The predicted molar refractivity (Wildman–Crippen MR) is 57.4 cm³/mol. The number of ether oxygens (including phenoxy) is 2. The molecule has 1 aromatic rings. The standard InChI is InChI=1S/C12H13FO4/c1-7(2-12(14)15)9-4-11-8(3-10(9)13)5-16-6-17-11/h3-4,7H,2,5-6H2,1H3,(H,14,15). The van der Waals surface area contributed by atoms with Gasteiger partial charge in [-0.15, -0.1) is 0 Å². The van der Waals surface area contributed by atoms with Gasteiger partial charge in [-0.25, -0.2) is 4.39 Å². The van der Waals surface area contributed by atoms with Gasteiger partial charge in [0.15, 0.2) is 6.79 Å². The summed E-state index contributed by atoms with van der Waals surface area (Å²) < 4.78 is 24.0. The van der Waals surface area contributed by atoms with Crippen molar-refractivity contribution in [3.63, 3.8) is 0 Å². The second-order valence-corrected chi connectivity index (χ2v) is 4.09. The zero-order valence-corrected chi connectivity index (χ0v) is 9.40. The number of halogens is 1. The number of benzene rings is 1. The highest BCUT2D eigenvalue weighted by atomic mass is 19.1. The van der Waals surface area contributed by atoms with Crippen LogP contribution in [0, 0.1) is 5.82 Å². The van der Waals surface area contributed by atoms with Crippen molar-refractivity contribution in [1.29, 1.82) is 0 Å². The van der Waals surface area contributed by atoms with Gasteiger partial charge in [0.25, 0.3) is 0 Å². The smallest absolute Gasteiger partial charge is 0.303 e. The minimum absolute atomic E-state index is 0.105. The first kappa shape index (κ1) is 11.9. The molecule has 1 aromatic carbocycles. The van der Waals surface area contributed by atoms with Crippen molar-refractivity contribution in [2.24, 2.45) is 0 Å². The summed E-state index contributed by atoms with van der Waals surface area (Å²) in [7, 11) is 0. The highest BCUT2D eigenvalue weighted by Crippen LogP contribution is 2.31. The number of carboxylic acids is 1. The zero-order chi connectivity index (χ0) is 12.4. The maximum Gasteiger partial charge on any atom is 0.303 e. The molecule has 0 bridgehead atoms. The molecule has 0 saturated heterocycles. The summed E-state index contributed by atoms with van der Waals surface area (Å²) in [5, 5.41) is 8.70. The minimum Gasteiger partial charge on any atom is -0.481 e. The quantitative estimate of drug-likeness (QED) is 0.880. The fourth-order valence-electron chi connectivity index (χ4n) is 1.86. The van der Waals surface area contributed by atoms with Gasteiger partial charge in [-0.05, 0) is 23.6 Å². The molecule has 17 heavy (non-hydrogen) atoms. The van der Waals surface area contributed by atoms with Crippen LogP contribution < -0.4 is 4.74 Å². The van der Waals surface area contributed by atoms with E-state index in [0.29, 0.717) is 23.5 Å². The molecule has 0 amide bonds. The van der Waals surface area contributed by atoms with E-state index in [4.69, 9.17) is 14.6 Å². The molecule has 1 aliphatic rings. The summed E-state index contributed by atoms with van der Waals surface area (Å²) in [5.41, 5.74) is 1.02. The third kappa shape index (κ3) is 2.55. The van der Waals surface area contributed by atoms with Gasteiger partial charge in [-0.1, -0.05) is 6.92 Å². The Labute approximate surface area is 98.0 Å². The molecule has 92 valence electrons. The first-order chi connectivity index (χ1) is 8.08. The van der Waals surface area contributed by atoms with Crippen LogP contribution in [0.25, 0.3) is 0 Å². The second-order valence-electron chi connectivity index (χ2n) is 4.09. The molecule has 1 aliphatic heterocycles. The molecule has 1 N–H and O–H groups in total. The van der Waals surface area contributed by atoms with Gasteiger partial charge in [0.1, 0.15) is 11.6 Å². The highest BCUT2D eigenvalue weighted by molar-refractivity contribution is 5.68. The lowest BCUT2D eigenvalue weighted by Gasteiger charge is -2.20. The third-order valence-corrected chi connectivity index (χ3v) is 2.75. The number of carbonyl (C=O) groups is 1. The van der Waals surface area contributed by atoms with E-state index in [-0.39, 0.29) is 19.1 Å². The Kier molecular flexibility index (Phi) is 3.28. The van der Waals surface area contributed by atoms with Crippen molar-refractivity contribution in [3.05, 3.63) is 29.1 Å². The summed E-state index contributed by atoms with van der Waals surface area (Å²) in [5.74, 6) is -1.17. The molecule has 0 aromatic heterocycles. The van der Waals surface area contributed by atoms with E-state index in [0.717, 1.165) is 0 Å². The minimum atomic E-state index is -0.945. The average molecular weight is 240 g/mol. The largest absolute Gasteiger partial charge is 0.481 e. The Hall–Kier alpha value is -1.62. The van der Waals surface area contributed by atoms with Crippen LogP contribution >= 0.6 is 0 Å². The number of rotatable bonds is 3. The molecule has 0 radical (unpaired) electrons. The van der Waals surface area contributed by atoms with E-state index in [1.807, 2.05) is 0 Å². The molecule has 0 saturated carbocycles. The molecule has 0 aliphatic carbocycles. The van der Waals surface area contributed by atoms with Crippen molar-refractivity contribution in [3.8, 4) is 5.75 Å². The van der Waals surface area contributed by atoms with Gasteiger partial charge in [0.2, 0.25) is 0 Å². The lowest BCUT2D eigenvalue weighted by Crippen LogP contribution is -2.13. The van der Waals surface area contributed by atoms with Crippen LogP contribution in [0.15, 0.2) is 12.1 Å². The summed E-state index contributed by atoms with van der Waals surface area (Å²) in [6.07, 6.45) is -0.105. The first-order valence-electron chi connectivity index (χ1n) is 5.32. The van der Waals surface area contributed by atoms with Crippen LogP contribution in [-0.2, 0) is 16.1 Å². The van der Waals surface area contributed by atoms with Gasteiger partial charge >= 0.3 is 5.97 Å². The number of hydrogen-bond donors (Lipinski definition) is 1. The Bertz CT molecular complexity index is 444. The number of hydrogen-bond acceptors (Lipinski definition) is 3. The molecule has 5 heteroatoms. The van der Waals surface area contributed by atoms with Gasteiger partial charge < -0.3 is 14.6 Å². The number of fused-ring (bicyclic) bond motifs is 1. The Balaban J connectivity index is 2.31. The molecule has 1 unspecified atom stereocenters. The fourth-order valence-corrected chi connectivity index (χ4v) is 1.86. The van der Waals surface area contributed by atoms with Crippen molar-refractivity contribution in [2.75, 3.05) is 6.79 Å². The number of aliphatic carboxylic acids is 1. The summed E-state index contributed by atoms with van der Waals surface area (Å²) >= 11 is 0. The maximum absolute atomic E-state index is 13.8. The van der Waals surface area contributed by atoms with E-state index < -0.39 is 11.8 Å². The summed E-state index contributed by atoms with van der Waals surface area (Å²) in [6, 6.07) is 2.92. The highest BCUT2D eigenvalue weighted by Gasteiger charge is 2.19. The molecule has 0 fully saturated rings. The van der Waals surface area contributed by atoms with Gasteiger partial charge in [0.05, 0.1) is 13.0 Å². The van der Waals surface area contributed by atoms with Crippen LogP contribution in [-0.4, -0.2) is 17.9 Å². The Morgan fingerprint density at radius 3 is 3.06 bits per heavy atom. The normalized spacial score (nSPS) is 15.9. The lowest BCUT2D eigenvalue weighted by molar-refractivity contribution is -0.137. The van der Waals surface area contributed by atoms with Crippen LogP contribution in [0.5, 0.6) is 5.75 Å². The van der Waals surface area contributed by atoms with Gasteiger partial charge in [0, 0.05) is 5.56 Å². The van der Waals surface area contributed by atoms with E-state index in [2.05, 4.69) is 0 Å². The van der Waals surface area contributed by atoms with E-state index in [1.165, 1.54) is 6.07 Å². The number of carboxylic acid groups (broad SMARTS) is 1. The van der Waals surface area contributed by atoms with Crippen LogP contribution in [0.2, 0.25) is 0 Å². The van der Waals surface area contributed by atoms with Crippen molar-refractivity contribution < 1.29 is 23.8 Å². The lowest BCUT2D eigenvalue weighted by atomic mass is 9.95. The van der Waals surface area contributed by atoms with Crippen LogP contribution in [0.1, 0.15) is 30.4 Å². The SMILES string of the molecule is CC(CC(=O)O)c1cc2c(cc1F)COCO2. The van der Waals surface area contributed by atoms with E-state index in [1.54, 1.807) is 13.0 Å². The maximum atomic E-state index is 13.8. The van der Waals surface area contributed by atoms with Crippen molar-refractivity contribution in [1.82, 2.24) is 0 Å². The molecular weight excluding hydrogens is 227 g/mol. The average Bonchev–Trinajstić information content (AvgIpc) is 2.27. The third-order valence-electron chi connectivity index (χ3n) is 2.75. The monoisotopic (exact) mass is 240 g/mol. The molecule has 1 atom stereocenters. The predicted octanol–water partition coefficient (Wildman–Crippen LogP) is 2.27. The first-order valence-corrected chi connectivity index (χ1v) is 5.32. The Morgan fingerprint density at radius 1 is 1.59 bits per heavy atom. The van der Waals surface area contributed by atoms with Crippen LogP contribution in [0.4, 0.5) is 4.39 Å². The molecule has 4 nitrogen and oxygen atoms in total.